The Hall–Kier alpha value is -3.32. The van der Waals surface area contributed by atoms with Crippen LogP contribution >= 0.6 is 0 Å². The smallest absolute Gasteiger partial charge is 0.348 e. The molecule has 0 saturated heterocycles. The molecule has 0 radical (unpaired) electrons. The summed E-state index contributed by atoms with van der Waals surface area (Å²) in [5, 5.41) is 10.2. The predicted octanol–water partition coefficient (Wildman–Crippen LogP) is 3.30. The van der Waals surface area contributed by atoms with E-state index < -0.39 is 17.7 Å². The second-order valence-electron chi connectivity index (χ2n) is 6.45. The van der Waals surface area contributed by atoms with Gasteiger partial charge in [0.1, 0.15) is 11.6 Å². The van der Waals surface area contributed by atoms with Gasteiger partial charge in [-0.15, -0.1) is 0 Å². The molecule has 3 rings (SSSR count). The van der Waals surface area contributed by atoms with E-state index in [1.54, 1.807) is 13.8 Å². The minimum Gasteiger partial charge on any atom is -0.478 e. The molecule has 2 aromatic carbocycles. The van der Waals surface area contributed by atoms with Crippen molar-refractivity contribution in [3.63, 3.8) is 0 Å². The van der Waals surface area contributed by atoms with E-state index in [1.165, 1.54) is 0 Å². The molecule has 0 aliphatic carbocycles. The van der Waals surface area contributed by atoms with E-state index in [9.17, 15) is 9.90 Å². The Kier molecular flexibility index (Phi) is 6.19. The number of aromatic nitrogens is 3. The lowest BCUT2D eigenvalue weighted by Gasteiger charge is -2.38. The monoisotopic (exact) mass is 393 g/mol. The highest BCUT2D eigenvalue weighted by Gasteiger charge is 2.50. The number of hydrogen-bond donors (Lipinski definition) is 1. The van der Waals surface area contributed by atoms with Gasteiger partial charge in [-0.1, -0.05) is 60.7 Å². The number of carboxylic acid groups (broad SMARTS) is 1. The van der Waals surface area contributed by atoms with Gasteiger partial charge in [0.15, 0.2) is 5.60 Å². The van der Waals surface area contributed by atoms with Crippen molar-refractivity contribution in [2.24, 2.45) is 0 Å². The summed E-state index contributed by atoms with van der Waals surface area (Å²) in [6.07, 6.45) is -1.44. The van der Waals surface area contributed by atoms with E-state index >= 15 is 0 Å². The molecule has 1 aromatic heterocycles. The SMILES string of the molecule is CCOC(c1ccccc1)(c1ccccc1)C(Oc1nc(C)nc(C)n1)C(=O)O. The lowest BCUT2D eigenvalue weighted by Crippen LogP contribution is -2.51. The molecule has 150 valence electrons. The molecular formula is C22H23N3O4. The summed E-state index contributed by atoms with van der Waals surface area (Å²) in [7, 11) is 0. The number of carbonyl (C=O) groups is 1. The summed E-state index contributed by atoms with van der Waals surface area (Å²) in [4.78, 5) is 24.9. The van der Waals surface area contributed by atoms with Crippen LogP contribution in [0.1, 0.15) is 29.7 Å². The number of benzene rings is 2. The van der Waals surface area contributed by atoms with Gasteiger partial charge in [0.05, 0.1) is 0 Å². The van der Waals surface area contributed by atoms with Crippen LogP contribution in [-0.4, -0.2) is 38.7 Å². The normalized spacial score (nSPS) is 12.4. The minimum atomic E-state index is -1.44. The second kappa shape index (κ2) is 8.79. The minimum absolute atomic E-state index is 0.0571. The molecule has 1 unspecified atom stereocenters. The van der Waals surface area contributed by atoms with Crippen LogP contribution in [0, 0.1) is 13.8 Å². The van der Waals surface area contributed by atoms with E-state index in [2.05, 4.69) is 15.0 Å². The fourth-order valence-corrected chi connectivity index (χ4v) is 3.36. The van der Waals surface area contributed by atoms with Gasteiger partial charge in [0.2, 0.25) is 6.10 Å². The molecule has 0 fully saturated rings. The lowest BCUT2D eigenvalue weighted by atomic mass is 9.81. The van der Waals surface area contributed by atoms with Gasteiger partial charge < -0.3 is 14.6 Å². The zero-order valence-corrected chi connectivity index (χ0v) is 16.6. The number of nitrogens with zero attached hydrogens (tertiary/aromatic N) is 3. The zero-order chi connectivity index (χ0) is 20.9. The van der Waals surface area contributed by atoms with Crippen LogP contribution in [0.2, 0.25) is 0 Å². The Labute approximate surface area is 169 Å². The van der Waals surface area contributed by atoms with E-state index in [0.29, 0.717) is 22.8 Å². The molecule has 0 spiro atoms. The highest BCUT2D eigenvalue weighted by atomic mass is 16.6. The molecule has 1 N–H and O–H groups in total. The first kappa shape index (κ1) is 20.4. The molecule has 1 heterocycles. The van der Waals surface area contributed by atoms with Crippen molar-refractivity contribution in [2.45, 2.75) is 32.5 Å². The second-order valence-corrected chi connectivity index (χ2v) is 6.45. The summed E-state index contributed by atoms with van der Waals surface area (Å²) in [5.74, 6) is -0.307. The van der Waals surface area contributed by atoms with Crippen LogP contribution in [0.5, 0.6) is 6.01 Å². The Balaban J connectivity index is 2.22. The summed E-state index contributed by atoms with van der Waals surface area (Å²) >= 11 is 0. The van der Waals surface area contributed by atoms with Crippen molar-refractivity contribution >= 4 is 5.97 Å². The Morgan fingerprint density at radius 2 is 1.41 bits per heavy atom. The van der Waals surface area contributed by atoms with Crippen molar-refractivity contribution in [3.05, 3.63) is 83.4 Å². The van der Waals surface area contributed by atoms with Crippen molar-refractivity contribution in [1.29, 1.82) is 0 Å². The third-order valence-corrected chi connectivity index (χ3v) is 4.43. The van der Waals surface area contributed by atoms with Gasteiger partial charge in [0.25, 0.3) is 0 Å². The van der Waals surface area contributed by atoms with E-state index in [0.717, 1.165) is 0 Å². The largest absolute Gasteiger partial charge is 0.478 e. The van der Waals surface area contributed by atoms with Crippen LogP contribution in [0.25, 0.3) is 0 Å². The maximum Gasteiger partial charge on any atom is 0.348 e. The van der Waals surface area contributed by atoms with E-state index in [1.807, 2.05) is 67.6 Å². The molecule has 0 aliphatic rings. The average Bonchev–Trinajstić information content (AvgIpc) is 2.71. The van der Waals surface area contributed by atoms with Crippen molar-refractivity contribution in [2.75, 3.05) is 6.61 Å². The molecule has 7 heteroatoms. The molecular weight excluding hydrogens is 370 g/mol. The Morgan fingerprint density at radius 1 is 0.931 bits per heavy atom. The molecule has 7 nitrogen and oxygen atoms in total. The summed E-state index contributed by atoms with van der Waals surface area (Å²) in [5.41, 5.74) is -0.0942. The van der Waals surface area contributed by atoms with Gasteiger partial charge in [-0.2, -0.15) is 9.97 Å². The van der Waals surface area contributed by atoms with Gasteiger partial charge >= 0.3 is 12.0 Å². The van der Waals surface area contributed by atoms with Crippen LogP contribution in [0.4, 0.5) is 0 Å². The first-order valence-corrected chi connectivity index (χ1v) is 9.31. The highest BCUT2D eigenvalue weighted by Crippen LogP contribution is 2.39. The fraction of sp³-hybridized carbons (Fsp3) is 0.273. The Bertz CT molecular complexity index is 905. The lowest BCUT2D eigenvalue weighted by molar-refractivity contribution is -0.163. The molecule has 0 bridgehead atoms. The standard InChI is InChI=1S/C22H23N3O4/c1-4-28-22(17-11-7-5-8-12-17,18-13-9-6-10-14-18)19(20(26)27)29-21-24-15(2)23-16(3)25-21/h5-14,19H,4H2,1-3H3,(H,26,27). The predicted molar refractivity (Wildman–Crippen MR) is 107 cm³/mol. The Morgan fingerprint density at radius 3 is 1.83 bits per heavy atom. The van der Waals surface area contributed by atoms with E-state index in [-0.39, 0.29) is 12.6 Å². The van der Waals surface area contributed by atoms with Crippen LogP contribution in [0.15, 0.2) is 60.7 Å². The zero-order valence-electron chi connectivity index (χ0n) is 16.6. The van der Waals surface area contributed by atoms with Crippen LogP contribution in [-0.2, 0) is 15.1 Å². The number of aliphatic carboxylic acids is 1. The summed E-state index contributed by atoms with van der Waals surface area (Å²) < 4.78 is 12.1. The quantitative estimate of drug-likeness (QED) is 0.627. The van der Waals surface area contributed by atoms with Crippen LogP contribution in [0.3, 0.4) is 0 Å². The molecule has 0 aliphatic heterocycles. The van der Waals surface area contributed by atoms with Crippen molar-refractivity contribution < 1.29 is 19.4 Å². The average molecular weight is 393 g/mol. The number of hydrogen-bond acceptors (Lipinski definition) is 6. The number of carboxylic acids is 1. The third-order valence-electron chi connectivity index (χ3n) is 4.43. The number of ether oxygens (including phenoxy) is 2. The number of rotatable bonds is 8. The van der Waals surface area contributed by atoms with Gasteiger partial charge in [0, 0.05) is 6.61 Å². The molecule has 0 saturated carbocycles. The highest BCUT2D eigenvalue weighted by molar-refractivity contribution is 5.76. The topological polar surface area (TPSA) is 94.4 Å². The summed E-state index contributed by atoms with van der Waals surface area (Å²) in [6, 6.07) is 18.3. The molecule has 0 amide bonds. The van der Waals surface area contributed by atoms with Crippen molar-refractivity contribution in [1.82, 2.24) is 15.0 Å². The summed E-state index contributed by atoms with van der Waals surface area (Å²) in [6.45, 7) is 5.48. The first-order valence-electron chi connectivity index (χ1n) is 9.31. The van der Waals surface area contributed by atoms with Gasteiger partial charge in [-0.25, -0.2) is 9.78 Å². The maximum absolute atomic E-state index is 12.5. The number of aryl methyl sites for hydroxylation is 2. The molecule has 3 aromatic rings. The van der Waals surface area contributed by atoms with Gasteiger partial charge in [-0.3, -0.25) is 0 Å². The third kappa shape index (κ3) is 4.25. The fourth-order valence-electron chi connectivity index (χ4n) is 3.36. The maximum atomic E-state index is 12.5. The molecule has 1 atom stereocenters. The first-order chi connectivity index (χ1) is 14.0. The van der Waals surface area contributed by atoms with Gasteiger partial charge in [-0.05, 0) is 31.9 Å². The van der Waals surface area contributed by atoms with Crippen LogP contribution < -0.4 is 4.74 Å². The van der Waals surface area contributed by atoms with E-state index in [4.69, 9.17) is 9.47 Å². The van der Waals surface area contributed by atoms with Crippen molar-refractivity contribution in [3.8, 4) is 6.01 Å². The molecule has 29 heavy (non-hydrogen) atoms.